The highest BCUT2D eigenvalue weighted by Gasteiger charge is 2.51. The Labute approximate surface area is 149 Å². The summed E-state index contributed by atoms with van der Waals surface area (Å²) in [5.41, 5.74) is 2.01. The second kappa shape index (κ2) is 5.80. The van der Waals surface area contributed by atoms with Crippen LogP contribution >= 0.6 is 0 Å². The average Bonchev–Trinajstić information content (AvgIpc) is 2.52. The van der Waals surface area contributed by atoms with Gasteiger partial charge in [-0.3, -0.25) is 4.79 Å². The summed E-state index contributed by atoms with van der Waals surface area (Å²) in [5.74, 6) is 0.573. The molecule has 3 aliphatic rings. The van der Waals surface area contributed by atoms with E-state index in [0.717, 1.165) is 38.8 Å². The minimum Gasteiger partial charge on any atom is -0.390 e. The van der Waals surface area contributed by atoms with Gasteiger partial charge in [-0.2, -0.15) is 0 Å². The Morgan fingerprint density at radius 2 is 1.88 bits per heavy atom. The maximum Gasteiger partial charge on any atom is 0.225 e. The highest BCUT2D eigenvalue weighted by Crippen LogP contribution is 2.50. The lowest BCUT2D eigenvalue weighted by atomic mass is 9.63. The van der Waals surface area contributed by atoms with E-state index in [9.17, 15) is 14.3 Å². The van der Waals surface area contributed by atoms with E-state index in [4.69, 9.17) is 0 Å². The van der Waals surface area contributed by atoms with Gasteiger partial charge in [0.2, 0.25) is 5.91 Å². The van der Waals surface area contributed by atoms with Crippen molar-refractivity contribution in [3.8, 4) is 0 Å². The fourth-order valence-corrected chi connectivity index (χ4v) is 5.26. The van der Waals surface area contributed by atoms with E-state index in [1.807, 2.05) is 17.9 Å². The van der Waals surface area contributed by atoms with Crippen LogP contribution in [-0.2, 0) is 4.79 Å². The van der Waals surface area contributed by atoms with Crippen molar-refractivity contribution in [2.45, 2.75) is 63.9 Å². The summed E-state index contributed by atoms with van der Waals surface area (Å²) in [5, 5.41) is 9.83. The number of carbonyl (C=O) groups is 1. The molecule has 1 N–H and O–H groups in total. The lowest BCUT2D eigenvalue weighted by Crippen LogP contribution is -2.62. The van der Waals surface area contributed by atoms with Crippen molar-refractivity contribution in [3.05, 3.63) is 35.1 Å². The maximum atomic E-state index is 13.6. The minimum atomic E-state index is -0.635. The van der Waals surface area contributed by atoms with Crippen LogP contribution in [0.15, 0.2) is 18.2 Å². The number of amides is 1. The molecule has 1 aliphatic heterocycles. The fourth-order valence-electron chi connectivity index (χ4n) is 5.26. The number of benzene rings is 1. The monoisotopic (exact) mass is 345 g/mol. The van der Waals surface area contributed by atoms with Crippen molar-refractivity contribution in [1.29, 1.82) is 0 Å². The normalized spacial score (nSPS) is 31.5. The molecule has 1 aromatic rings. The molecule has 3 nitrogen and oxygen atoms in total. The van der Waals surface area contributed by atoms with E-state index < -0.39 is 5.60 Å². The lowest BCUT2D eigenvalue weighted by molar-refractivity contribution is -0.163. The molecule has 1 heterocycles. The van der Waals surface area contributed by atoms with Crippen molar-refractivity contribution in [1.82, 2.24) is 4.90 Å². The molecule has 25 heavy (non-hydrogen) atoms. The Bertz CT molecular complexity index is 675. The summed E-state index contributed by atoms with van der Waals surface area (Å²) >= 11 is 0. The summed E-state index contributed by atoms with van der Waals surface area (Å²) in [7, 11) is 0. The van der Waals surface area contributed by atoms with Crippen molar-refractivity contribution in [2.75, 3.05) is 13.1 Å². The largest absolute Gasteiger partial charge is 0.390 e. The number of halogens is 1. The Hall–Kier alpha value is -1.42. The first-order chi connectivity index (χ1) is 11.8. The van der Waals surface area contributed by atoms with Gasteiger partial charge in [-0.15, -0.1) is 0 Å². The van der Waals surface area contributed by atoms with E-state index in [1.165, 1.54) is 17.2 Å². The molecule has 1 saturated heterocycles. The maximum absolute atomic E-state index is 13.6. The van der Waals surface area contributed by atoms with Crippen LogP contribution in [-0.4, -0.2) is 34.6 Å². The van der Waals surface area contributed by atoms with Crippen LogP contribution in [0.2, 0.25) is 0 Å². The Morgan fingerprint density at radius 1 is 1.24 bits per heavy atom. The van der Waals surface area contributed by atoms with Gasteiger partial charge in [-0.05, 0) is 81.5 Å². The number of nitrogens with zero attached hydrogens (tertiary/aromatic N) is 1. The summed E-state index contributed by atoms with van der Waals surface area (Å²) in [4.78, 5) is 14.5. The standard InChI is InChI=1S/C21H28FNO2/c1-14-3-4-17(22)9-18(14)15-5-7-21(8-6-15)12-23(13-21)19(24)16-10-20(2,25)11-16/h3-4,9,15-16,25H,5-8,10-13H2,1-2H3/t16-,20+. The van der Waals surface area contributed by atoms with Gasteiger partial charge in [0.25, 0.3) is 0 Å². The first-order valence-electron chi connectivity index (χ1n) is 9.54. The van der Waals surface area contributed by atoms with Gasteiger partial charge < -0.3 is 10.0 Å². The predicted octanol–water partition coefficient (Wildman–Crippen LogP) is 3.78. The van der Waals surface area contributed by atoms with Crippen LogP contribution in [0.25, 0.3) is 0 Å². The number of likely N-dealkylation sites (tertiary alicyclic amines) is 1. The van der Waals surface area contributed by atoms with Crippen LogP contribution in [0.4, 0.5) is 4.39 Å². The van der Waals surface area contributed by atoms with E-state index in [1.54, 1.807) is 6.07 Å². The van der Waals surface area contributed by atoms with E-state index in [0.29, 0.717) is 24.2 Å². The van der Waals surface area contributed by atoms with Crippen LogP contribution in [0, 0.1) is 24.1 Å². The summed E-state index contributed by atoms with van der Waals surface area (Å²) in [6.07, 6.45) is 5.64. The van der Waals surface area contributed by atoms with Crippen LogP contribution in [0.3, 0.4) is 0 Å². The molecule has 0 bridgehead atoms. The van der Waals surface area contributed by atoms with E-state index >= 15 is 0 Å². The SMILES string of the molecule is Cc1ccc(F)cc1C1CCC2(CC1)CN(C(=O)[C@H]1C[C@@](C)(O)C1)C2. The molecule has 1 aromatic carbocycles. The number of hydrogen-bond acceptors (Lipinski definition) is 2. The van der Waals surface area contributed by atoms with Gasteiger partial charge in [0, 0.05) is 24.4 Å². The Balaban J connectivity index is 1.31. The first kappa shape index (κ1) is 17.0. The zero-order valence-electron chi connectivity index (χ0n) is 15.2. The molecule has 1 spiro atoms. The van der Waals surface area contributed by atoms with Gasteiger partial charge in [-0.25, -0.2) is 4.39 Å². The lowest BCUT2D eigenvalue weighted by Gasteiger charge is -2.55. The van der Waals surface area contributed by atoms with Crippen molar-refractivity contribution in [2.24, 2.45) is 11.3 Å². The third kappa shape index (κ3) is 3.10. The topological polar surface area (TPSA) is 40.5 Å². The molecule has 3 fully saturated rings. The molecular weight excluding hydrogens is 317 g/mol. The molecule has 2 saturated carbocycles. The van der Waals surface area contributed by atoms with Crippen molar-refractivity contribution in [3.63, 3.8) is 0 Å². The number of carbonyl (C=O) groups excluding carboxylic acids is 1. The second-order valence-corrected chi connectivity index (χ2v) is 9.07. The molecule has 0 unspecified atom stereocenters. The smallest absolute Gasteiger partial charge is 0.225 e. The summed E-state index contributed by atoms with van der Waals surface area (Å²) in [6, 6.07) is 5.12. The summed E-state index contributed by atoms with van der Waals surface area (Å²) in [6.45, 7) is 5.62. The molecule has 0 radical (unpaired) electrons. The third-order valence-corrected chi connectivity index (χ3v) is 6.81. The van der Waals surface area contributed by atoms with Gasteiger partial charge in [0.15, 0.2) is 0 Å². The zero-order chi connectivity index (χ0) is 17.8. The molecule has 0 atom stereocenters. The summed E-state index contributed by atoms with van der Waals surface area (Å²) < 4.78 is 13.6. The Morgan fingerprint density at radius 3 is 2.48 bits per heavy atom. The highest BCUT2D eigenvalue weighted by molar-refractivity contribution is 5.81. The zero-order valence-corrected chi connectivity index (χ0v) is 15.2. The number of hydrogen-bond donors (Lipinski definition) is 1. The molecule has 2 aliphatic carbocycles. The number of rotatable bonds is 2. The van der Waals surface area contributed by atoms with Crippen LogP contribution in [0.1, 0.15) is 62.5 Å². The van der Waals surface area contributed by atoms with Gasteiger partial charge in [0.05, 0.1) is 5.60 Å². The van der Waals surface area contributed by atoms with E-state index in [-0.39, 0.29) is 17.6 Å². The second-order valence-electron chi connectivity index (χ2n) is 9.07. The molecule has 4 rings (SSSR count). The van der Waals surface area contributed by atoms with Crippen molar-refractivity contribution >= 4 is 5.91 Å². The fraction of sp³-hybridized carbons (Fsp3) is 0.667. The highest BCUT2D eigenvalue weighted by atomic mass is 19.1. The minimum absolute atomic E-state index is 0.0265. The van der Waals surface area contributed by atoms with Crippen LogP contribution in [0.5, 0.6) is 0 Å². The molecule has 0 aromatic heterocycles. The average molecular weight is 345 g/mol. The quantitative estimate of drug-likeness (QED) is 0.886. The predicted molar refractivity (Wildman–Crippen MR) is 94.7 cm³/mol. The van der Waals surface area contributed by atoms with E-state index in [2.05, 4.69) is 6.92 Å². The van der Waals surface area contributed by atoms with Gasteiger partial charge >= 0.3 is 0 Å². The van der Waals surface area contributed by atoms with Gasteiger partial charge in [0.1, 0.15) is 5.82 Å². The van der Waals surface area contributed by atoms with Gasteiger partial charge in [-0.1, -0.05) is 6.07 Å². The molecule has 136 valence electrons. The van der Waals surface area contributed by atoms with Crippen molar-refractivity contribution < 1.29 is 14.3 Å². The third-order valence-electron chi connectivity index (χ3n) is 6.81. The molecule has 4 heteroatoms. The number of aryl methyl sites for hydroxylation is 1. The first-order valence-corrected chi connectivity index (χ1v) is 9.54. The molecule has 1 amide bonds. The van der Waals surface area contributed by atoms with Crippen LogP contribution < -0.4 is 0 Å². The molecular formula is C21H28FNO2. The number of aliphatic hydroxyl groups is 1. The Kier molecular flexibility index (Phi) is 3.95.